The lowest BCUT2D eigenvalue weighted by Crippen LogP contribution is -2.53. The van der Waals surface area contributed by atoms with Gasteiger partial charge >= 0.3 is 6.09 Å². The molecule has 3 aromatic rings. The van der Waals surface area contributed by atoms with Gasteiger partial charge in [0, 0.05) is 50.8 Å². The zero-order chi connectivity index (χ0) is 27.7. The van der Waals surface area contributed by atoms with Crippen molar-refractivity contribution in [2.24, 2.45) is 11.8 Å². The first-order valence-electron chi connectivity index (χ1n) is 13.7. The van der Waals surface area contributed by atoms with Gasteiger partial charge in [-0.15, -0.1) is 0 Å². The quantitative estimate of drug-likeness (QED) is 0.501. The molecular formula is C29H37N5O5. The van der Waals surface area contributed by atoms with E-state index in [4.69, 9.17) is 0 Å². The monoisotopic (exact) mass is 535 g/mol. The van der Waals surface area contributed by atoms with Crippen LogP contribution >= 0.6 is 0 Å². The van der Waals surface area contributed by atoms with Gasteiger partial charge in [-0.2, -0.15) is 0 Å². The van der Waals surface area contributed by atoms with Gasteiger partial charge in [0.15, 0.2) is 0 Å². The van der Waals surface area contributed by atoms with Gasteiger partial charge < -0.3 is 24.6 Å². The minimum atomic E-state index is -1.12. The summed E-state index contributed by atoms with van der Waals surface area (Å²) in [5, 5.41) is 21.5. The summed E-state index contributed by atoms with van der Waals surface area (Å²) in [6.45, 7) is 6.48. The Morgan fingerprint density at radius 2 is 1.77 bits per heavy atom. The van der Waals surface area contributed by atoms with Crippen LogP contribution in [0.1, 0.15) is 44.6 Å². The number of rotatable bonds is 6. The fourth-order valence-electron chi connectivity index (χ4n) is 6.07. The number of benzene rings is 1. The molecular weight excluding hydrogens is 498 g/mol. The van der Waals surface area contributed by atoms with Gasteiger partial charge in [0.25, 0.3) is 5.56 Å². The third-order valence-electron chi connectivity index (χ3n) is 8.21. The van der Waals surface area contributed by atoms with E-state index >= 15 is 0 Å². The average Bonchev–Trinajstić information content (AvgIpc) is 3.33. The Bertz CT molecular complexity index is 1390. The van der Waals surface area contributed by atoms with Crippen molar-refractivity contribution >= 4 is 23.0 Å². The second-order valence-corrected chi connectivity index (χ2v) is 11.5. The fraction of sp³-hybridized carbons (Fsp3) is 0.517. The van der Waals surface area contributed by atoms with Crippen LogP contribution in [0, 0.1) is 11.8 Å². The fourth-order valence-corrected chi connectivity index (χ4v) is 6.07. The minimum Gasteiger partial charge on any atom is -0.465 e. The van der Waals surface area contributed by atoms with Gasteiger partial charge in [0.1, 0.15) is 12.0 Å². The number of carboxylic acid groups (broad SMARTS) is 1. The number of hydrogen-bond donors (Lipinski definition) is 2. The highest BCUT2D eigenvalue weighted by Gasteiger charge is 2.41. The first kappa shape index (κ1) is 26.9. The first-order valence-corrected chi connectivity index (χ1v) is 13.7. The highest BCUT2D eigenvalue weighted by Crippen LogP contribution is 2.35. The maximum absolute atomic E-state index is 13.7. The van der Waals surface area contributed by atoms with E-state index in [-0.39, 0.29) is 36.4 Å². The molecule has 2 N–H and O–H groups in total. The molecule has 4 heterocycles. The van der Waals surface area contributed by atoms with Crippen molar-refractivity contribution < 1.29 is 19.8 Å². The molecule has 10 nitrogen and oxygen atoms in total. The SMILES string of the molecule is CC(C)Cn1ccc2c(=O)n(CC3(O)CCN(C(=O)[C@@H]4CCN(C(=O)O)C[C@H]4c4ccccc4)CC3)cnc21. The van der Waals surface area contributed by atoms with E-state index in [0.717, 1.165) is 12.1 Å². The van der Waals surface area contributed by atoms with Crippen LogP contribution in [0.4, 0.5) is 4.79 Å². The summed E-state index contributed by atoms with van der Waals surface area (Å²) < 4.78 is 3.46. The van der Waals surface area contributed by atoms with Gasteiger partial charge in [-0.1, -0.05) is 44.2 Å². The van der Waals surface area contributed by atoms with Crippen LogP contribution in [0.25, 0.3) is 11.0 Å². The maximum atomic E-state index is 13.7. The minimum absolute atomic E-state index is 0.00249. The third-order valence-corrected chi connectivity index (χ3v) is 8.21. The Balaban J connectivity index is 1.27. The van der Waals surface area contributed by atoms with E-state index in [2.05, 4.69) is 18.8 Å². The van der Waals surface area contributed by atoms with Crippen molar-refractivity contribution in [2.45, 2.75) is 57.7 Å². The highest BCUT2D eigenvalue weighted by atomic mass is 16.4. The zero-order valence-electron chi connectivity index (χ0n) is 22.6. The molecule has 39 heavy (non-hydrogen) atoms. The largest absolute Gasteiger partial charge is 0.465 e. The number of aliphatic hydroxyl groups is 1. The van der Waals surface area contributed by atoms with Crippen LogP contribution in [0.15, 0.2) is 53.7 Å². The molecule has 0 bridgehead atoms. The van der Waals surface area contributed by atoms with Crippen molar-refractivity contribution in [2.75, 3.05) is 26.2 Å². The molecule has 2 fully saturated rings. The summed E-state index contributed by atoms with van der Waals surface area (Å²) in [4.78, 5) is 46.2. The Kier molecular flexibility index (Phi) is 7.48. The van der Waals surface area contributed by atoms with E-state index in [1.54, 1.807) is 11.0 Å². The summed E-state index contributed by atoms with van der Waals surface area (Å²) >= 11 is 0. The number of likely N-dealkylation sites (tertiary alicyclic amines) is 2. The normalized spacial score (nSPS) is 21.4. The van der Waals surface area contributed by atoms with Crippen LogP contribution in [-0.4, -0.2) is 77.9 Å². The number of aromatic nitrogens is 3. The Morgan fingerprint density at radius 1 is 1.05 bits per heavy atom. The topological polar surface area (TPSA) is 121 Å². The predicted molar refractivity (Wildman–Crippen MR) is 146 cm³/mol. The van der Waals surface area contributed by atoms with Crippen LogP contribution in [0.3, 0.4) is 0 Å². The van der Waals surface area contributed by atoms with Crippen molar-refractivity contribution in [1.29, 1.82) is 0 Å². The molecule has 0 aliphatic carbocycles. The molecule has 2 atom stereocenters. The number of amides is 2. The van der Waals surface area contributed by atoms with Crippen molar-refractivity contribution in [3.8, 4) is 0 Å². The van der Waals surface area contributed by atoms with Crippen molar-refractivity contribution in [3.05, 3.63) is 64.8 Å². The summed E-state index contributed by atoms with van der Waals surface area (Å²) in [6, 6.07) is 11.4. The van der Waals surface area contributed by atoms with Gasteiger partial charge in [-0.05, 0) is 36.8 Å². The number of carbonyl (C=O) groups is 2. The van der Waals surface area contributed by atoms with E-state index in [0.29, 0.717) is 55.8 Å². The van der Waals surface area contributed by atoms with E-state index < -0.39 is 11.7 Å². The van der Waals surface area contributed by atoms with Gasteiger partial charge in [0.2, 0.25) is 5.91 Å². The first-order chi connectivity index (χ1) is 18.6. The van der Waals surface area contributed by atoms with Crippen LogP contribution in [0.2, 0.25) is 0 Å². The molecule has 1 aromatic carbocycles. The lowest BCUT2D eigenvalue weighted by atomic mass is 9.79. The lowest BCUT2D eigenvalue weighted by Gasteiger charge is -2.42. The van der Waals surface area contributed by atoms with Crippen molar-refractivity contribution in [3.63, 3.8) is 0 Å². The van der Waals surface area contributed by atoms with Crippen LogP contribution in [0.5, 0.6) is 0 Å². The number of hydrogen-bond acceptors (Lipinski definition) is 5. The Labute approximate surface area is 227 Å². The molecule has 2 aromatic heterocycles. The standard InChI is InChI=1S/C29H37N5O5/c1-20(2)16-32-12-9-23-25(32)30-19-34(27(23)36)18-29(39)10-14-31(15-11-29)26(35)22-8-13-33(28(37)38)17-24(22)21-6-4-3-5-7-21/h3-7,9,12,19-20,22,24,39H,8,10-11,13-18H2,1-2H3,(H,37,38)/t22-,24+/m1/s1. The second kappa shape index (κ2) is 10.8. The molecule has 5 rings (SSSR count). The summed E-state index contributed by atoms with van der Waals surface area (Å²) in [7, 11) is 0. The summed E-state index contributed by atoms with van der Waals surface area (Å²) in [5.74, 6) is -0.115. The van der Waals surface area contributed by atoms with Gasteiger partial charge in [0.05, 0.1) is 17.5 Å². The zero-order valence-corrected chi connectivity index (χ0v) is 22.6. The number of nitrogens with zero attached hydrogens (tertiary/aromatic N) is 5. The number of piperidine rings is 2. The second-order valence-electron chi connectivity index (χ2n) is 11.5. The molecule has 2 aliphatic rings. The maximum Gasteiger partial charge on any atom is 0.407 e. The van der Waals surface area contributed by atoms with Crippen LogP contribution < -0.4 is 5.56 Å². The lowest BCUT2D eigenvalue weighted by molar-refractivity contribution is -0.142. The third kappa shape index (κ3) is 5.56. The number of carbonyl (C=O) groups excluding carboxylic acids is 1. The predicted octanol–water partition coefficient (Wildman–Crippen LogP) is 2.99. The Hall–Kier alpha value is -3.66. The highest BCUT2D eigenvalue weighted by molar-refractivity contribution is 5.81. The smallest absolute Gasteiger partial charge is 0.407 e. The molecule has 0 spiro atoms. The molecule has 0 unspecified atom stereocenters. The molecule has 0 radical (unpaired) electrons. The van der Waals surface area contributed by atoms with E-state index in [9.17, 15) is 24.6 Å². The molecule has 0 saturated carbocycles. The van der Waals surface area contributed by atoms with E-state index in [1.165, 1.54) is 15.8 Å². The summed E-state index contributed by atoms with van der Waals surface area (Å²) in [5.41, 5.74) is 0.312. The van der Waals surface area contributed by atoms with Gasteiger partial charge in [-0.3, -0.25) is 14.2 Å². The average molecular weight is 536 g/mol. The summed E-state index contributed by atoms with van der Waals surface area (Å²) in [6.07, 6.45) is 3.58. The number of fused-ring (bicyclic) bond motifs is 1. The molecule has 10 heteroatoms. The van der Waals surface area contributed by atoms with Crippen molar-refractivity contribution in [1.82, 2.24) is 23.9 Å². The van der Waals surface area contributed by atoms with E-state index in [1.807, 2.05) is 41.1 Å². The molecule has 2 saturated heterocycles. The molecule has 2 aliphatic heterocycles. The van der Waals surface area contributed by atoms with Gasteiger partial charge in [-0.25, -0.2) is 9.78 Å². The van der Waals surface area contributed by atoms with Crippen LogP contribution in [-0.2, 0) is 17.9 Å². The molecule has 208 valence electrons. The Morgan fingerprint density at radius 3 is 2.44 bits per heavy atom. The molecule has 2 amide bonds.